The van der Waals surface area contributed by atoms with Gasteiger partial charge in [0.1, 0.15) is 0 Å². The van der Waals surface area contributed by atoms with Crippen molar-refractivity contribution in [3.63, 3.8) is 0 Å². The molecule has 0 aromatic rings. The highest BCUT2D eigenvalue weighted by Crippen LogP contribution is 2.19. The smallest absolute Gasteiger partial charge is 0.320 e. The fourth-order valence-corrected chi connectivity index (χ4v) is 2.87. The second-order valence-electron chi connectivity index (χ2n) is 5.42. The van der Waals surface area contributed by atoms with Crippen molar-refractivity contribution in [2.45, 2.75) is 38.5 Å². The number of carbonyl (C=O) groups excluding carboxylic acids is 1. The molecule has 1 atom stereocenters. The van der Waals surface area contributed by atoms with Crippen LogP contribution in [-0.4, -0.2) is 47.8 Å². The molecule has 0 spiro atoms. The number of nitrogens with one attached hydrogen (secondary N) is 1. The van der Waals surface area contributed by atoms with Crippen LogP contribution in [0, 0.1) is 11.3 Å². The molecule has 1 unspecified atom stereocenters. The van der Waals surface area contributed by atoms with Crippen molar-refractivity contribution >= 4 is 11.9 Å². The molecule has 2 aliphatic heterocycles. The van der Waals surface area contributed by atoms with E-state index in [2.05, 4.69) is 0 Å². The number of urea groups is 1. The molecule has 2 fully saturated rings. The summed E-state index contributed by atoms with van der Waals surface area (Å²) >= 11 is 0. The lowest BCUT2D eigenvalue weighted by atomic mass is 9.97. The van der Waals surface area contributed by atoms with Crippen LogP contribution in [0.4, 0.5) is 4.79 Å². The first-order chi connectivity index (χ1) is 8.68. The normalized spacial score (nSPS) is 25.7. The first kappa shape index (κ1) is 13.2. The van der Waals surface area contributed by atoms with Crippen molar-refractivity contribution in [2.75, 3.05) is 26.2 Å². The number of likely N-dealkylation sites (tertiary alicyclic amines) is 2. The Hall–Kier alpha value is -1.26. The highest BCUT2D eigenvalue weighted by atomic mass is 16.2. The molecule has 2 amide bonds. The Kier molecular flexibility index (Phi) is 4.44. The number of piperidine rings is 1. The predicted octanol–water partition coefficient (Wildman–Crippen LogP) is 1.63. The minimum Gasteiger partial charge on any atom is -0.387 e. The first-order valence-corrected chi connectivity index (χ1v) is 7.06. The molecule has 2 aliphatic rings. The molecule has 2 rings (SSSR count). The van der Waals surface area contributed by atoms with Gasteiger partial charge in [-0.15, -0.1) is 0 Å². The number of hydrogen-bond acceptors (Lipinski definition) is 2. The molecular weight excluding hydrogens is 228 g/mol. The van der Waals surface area contributed by atoms with Crippen molar-refractivity contribution in [3.8, 4) is 0 Å². The van der Waals surface area contributed by atoms with Crippen LogP contribution in [0.1, 0.15) is 38.5 Å². The zero-order chi connectivity index (χ0) is 13.0. The van der Waals surface area contributed by atoms with Gasteiger partial charge >= 0.3 is 6.03 Å². The van der Waals surface area contributed by atoms with Crippen LogP contribution in [0.3, 0.4) is 0 Å². The molecule has 0 saturated carbocycles. The minimum atomic E-state index is 0.0645. The lowest BCUT2D eigenvalue weighted by Gasteiger charge is -2.35. The monoisotopic (exact) mass is 252 g/mol. The Morgan fingerprint density at radius 2 is 1.61 bits per heavy atom. The average molecular weight is 252 g/mol. The Labute approximate surface area is 109 Å². The maximum Gasteiger partial charge on any atom is 0.320 e. The van der Waals surface area contributed by atoms with Gasteiger partial charge in [-0.2, -0.15) is 0 Å². The number of carbonyl (C=O) groups is 1. The van der Waals surface area contributed by atoms with E-state index in [-0.39, 0.29) is 17.8 Å². The van der Waals surface area contributed by atoms with Gasteiger partial charge in [-0.3, -0.25) is 5.41 Å². The molecule has 2 saturated heterocycles. The maximum atomic E-state index is 12.4. The van der Waals surface area contributed by atoms with Gasteiger partial charge in [0.05, 0.1) is 5.84 Å². The molecule has 0 aliphatic carbocycles. The summed E-state index contributed by atoms with van der Waals surface area (Å²) in [4.78, 5) is 16.3. The van der Waals surface area contributed by atoms with Crippen LogP contribution in [0.15, 0.2) is 0 Å². The van der Waals surface area contributed by atoms with Crippen LogP contribution >= 0.6 is 0 Å². The third-order valence-electron chi connectivity index (χ3n) is 4.01. The van der Waals surface area contributed by atoms with Crippen LogP contribution < -0.4 is 5.73 Å². The first-order valence-electron chi connectivity index (χ1n) is 7.06. The molecule has 5 heteroatoms. The van der Waals surface area contributed by atoms with Gasteiger partial charge in [-0.1, -0.05) is 12.8 Å². The van der Waals surface area contributed by atoms with E-state index in [1.54, 1.807) is 0 Å². The molecular formula is C13H24N4O. The quantitative estimate of drug-likeness (QED) is 0.550. The fourth-order valence-electron chi connectivity index (χ4n) is 2.87. The largest absolute Gasteiger partial charge is 0.387 e. The SMILES string of the molecule is N=C(N)C1CCCN(C(=O)N2CCCCCC2)C1. The van der Waals surface area contributed by atoms with Crippen molar-refractivity contribution in [1.82, 2.24) is 9.80 Å². The summed E-state index contributed by atoms with van der Waals surface area (Å²) in [6.45, 7) is 3.23. The lowest BCUT2D eigenvalue weighted by Crippen LogP contribution is -2.49. The van der Waals surface area contributed by atoms with E-state index in [0.29, 0.717) is 6.54 Å². The zero-order valence-electron chi connectivity index (χ0n) is 11.0. The molecule has 3 N–H and O–H groups in total. The van der Waals surface area contributed by atoms with Gasteiger partial charge < -0.3 is 15.5 Å². The maximum absolute atomic E-state index is 12.4. The topological polar surface area (TPSA) is 73.4 Å². The fraction of sp³-hybridized carbons (Fsp3) is 0.846. The summed E-state index contributed by atoms with van der Waals surface area (Å²) < 4.78 is 0. The van der Waals surface area contributed by atoms with E-state index in [1.165, 1.54) is 12.8 Å². The van der Waals surface area contributed by atoms with E-state index in [0.717, 1.165) is 45.3 Å². The van der Waals surface area contributed by atoms with Crippen LogP contribution in [0.5, 0.6) is 0 Å². The van der Waals surface area contributed by atoms with Gasteiger partial charge in [0, 0.05) is 32.1 Å². The summed E-state index contributed by atoms with van der Waals surface area (Å²) in [5.74, 6) is 0.290. The number of rotatable bonds is 1. The Morgan fingerprint density at radius 3 is 2.22 bits per heavy atom. The van der Waals surface area contributed by atoms with Crippen LogP contribution in [0.2, 0.25) is 0 Å². The second kappa shape index (κ2) is 6.07. The number of nitrogens with two attached hydrogens (primary N) is 1. The number of amidine groups is 1. The van der Waals surface area contributed by atoms with E-state index in [9.17, 15) is 4.79 Å². The van der Waals surface area contributed by atoms with Gasteiger partial charge in [-0.05, 0) is 25.7 Å². The van der Waals surface area contributed by atoms with Gasteiger partial charge in [-0.25, -0.2) is 4.79 Å². The summed E-state index contributed by atoms with van der Waals surface area (Å²) in [7, 11) is 0. The molecule has 0 bridgehead atoms. The summed E-state index contributed by atoms with van der Waals surface area (Å²) in [5.41, 5.74) is 5.56. The number of amides is 2. The summed E-state index contributed by atoms with van der Waals surface area (Å²) in [5, 5.41) is 7.53. The molecule has 0 aromatic carbocycles. The van der Waals surface area contributed by atoms with E-state index < -0.39 is 0 Å². The number of nitrogens with zero attached hydrogens (tertiary/aromatic N) is 2. The van der Waals surface area contributed by atoms with E-state index in [4.69, 9.17) is 11.1 Å². The second-order valence-corrected chi connectivity index (χ2v) is 5.42. The highest BCUT2D eigenvalue weighted by molar-refractivity contribution is 5.81. The van der Waals surface area contributed by atoms with Crippen LogP contribution in [-0.2, 0) is 0 Å². The molecule has 2 heterocycles. The zero-order valence-corrected chi connectivity index (χ0v) is 11.0. The lowest BCUT2D eigenvalue weighted by molar-refractivity contribution is 0.138. The minimum absolute atomic E-state index is 0.0645. The number of hydrogen-bond donors (Lipinski definition) is 2. The summed E-state index contributed by atoms with van der Waals surface area (Å²) in [6.07, 6.45) is 6.62. The van der Waals surface area contributed by atoms with Crippen molar-refractivity contribution in [1.29, 1.82) is 5.41 Å². The molecule has 102 valence electrons. The molecule has 0 aromatic heterocycles. The predicted molar refractivity (Wildman–Crippen MR) is 71.6 cm³/mol. The van der Waals surface area contributed by atoms with Crippen molar-refractivity contribution < 1.29 is 4.79 Å². The van der Waals surface area contributed by atoms with Gasteiger partial charge in [0.15, 0.2) is 0 Å². The van der Waals surface area contributed by atoms with Crippen LogP contribution in [0.25, 0.3) is 0 Å². The summed E-state index contributed by atoms with van der Waals surface area (Å²) in [6, 6.07) is 0.155. The highest BCUT2D eigenvalue weighted by Gasteiger charge is 2.28. The molecule has 0 radical (unpaired) electrons. The molecule has 5 nitrogen and oxygen atoms in total. The third kappa shape index (κ3) is 3.15. The Bertz CT molecular complexity index is 310. The third-order valence-corrected chi connectivity index (χ3v) is 4.01. The Balaban J connectivity index is 1.92. The van der Waals surface area contributed by atoms with Crippen molar-refractivity contribution in [3.05, 3.63) is 0 Å². The average Bonchev–Trinajstić information content (AvgIpc) is 2.67. The van der Waals surface area contributed by atoms with E-state index in [1.807, 2.05) is 9.80 Å². The van der Waals surface area contributed by atoms with E-state index >= 15 is 0 Å². The van der Waals surface area contributed by atoms with Gasteiger partial charge in [0.25, 0.3) is 0 Å². The van der Waals surface area contributed by atoms with Crippen molar-refractivity contribution in [2.24, 2.45) is 11.7 Å². The Morgan fingerprint density at radius 1 is 1.00 bits per heavy atom. The standard InChI is InChI=1S/C13H24N4O/c14-12(15)11-6-5-9-17(10-11)13(18)16-7-3-1-2-4-8-16/h11H,1-10H2,(H3,14,15). The molecule has 18 heavy (non-hydrogen) atoms. The van der Waals surface area contributed by atoms with Gasteiger partial charge in [0.2, 0.25) is 0 Å².